The van der Waals surface area contributed by atoms with Gasteiger partial charge in [0.25, 0.3) is 0 Å². The Kier molecular flexibility index (Phi) is 7.51. The van der Waals surface area contributed by atoms with E-state index in [9.17, 15) is 0 Å². The van der Waals surface area contributed by atoms with Crippen LogP contribution in [0.5, 0.6) is 0 Å². The van der Waals surface area contributed by atoms with Crippen molar-refractivity contribution in [3.05, 3.63) is 115 Å². The number of thioether (sulfide) groups is 1. The van der Waals surface area contributed by atoms with Crippen LogP contribution in [0.15, 0.2) is 108 Å². The van der Waals surface area contributed by atoms with E-state index < -0.39 is 0 Å². The van der Waals surface area contributed by atoms with E-state index in [4.69, 9.17) is 4.98 Å². The Hall–Kier alpha value is -4.33. The summed E-state index contributed by atoms with van der Waals surface area (Å²) in [5, 5.41) is 9.57. The molecule has 0 amide bonds. The number of piperidine rings is 1. The molecule has 0 aliphatic carbocycles. The van der Waals surface area contributed by atoms with Gasteiger partial charge in [-0.1, -0.05) is 96.7 Å². The van der Waals surface area contributed by atoms with Gasteiger partial charge in [-0.25, -0.2) is 15.0 Å². The Labute approximate surface area is 250 Å². The molecule has 0 unspecified atom stereocenters. The lowest BCUT2D eigenvalue weighted by Crippen LogP contribution is -2.32. The smallest absolute Gasteiger partial charge is 0.189 e. The molecule has 0 saturated carbocycles. The van der Waals surface area contributed by atoms with Gasteiger partial charge in [0.05, 0.1) is 11.4 Å². The maximum atomic E-state index is 5.05. The largest absolute Gasteiger partial charge is 0.299 e. The third-order valence-electron chi connectivity index (χ3n) is 8.14. The van der Waals surface area contributed by atoms with Crippen molar-refractivity contribution in [1.29, 1.82) is 0 Å². The standard InChI is InChI=1S/C35H32N6S/c1-42-35-36-22-29-20-30(25-8-4-2-5-9-25)33(37-34(29)38-35)28-14-12-24(13-15-28)23-41-18-16-27(17-19-41)32-21-31(39-40-32)26-10-6-3-7-11-26/h2-15,20-22,27H,16-19,23H2,1H3,(H,39,40). The number of nitrogens with zero attached hydrogens (tertiary/aromatic N) is 5. The molecule has 4 heterocycles. The molecule has 7 rings (SSSR count). The predicted molar refractivity (Wildman–Crippen MR) is 171 cm³/mol. The number of nitrogens with one attached hydrogen (secondary N) is 1. The number of aromatic nitrogens is 5. The molecule has 0 radical (unpaired) electrons. The van der Waals surface area contributed by atoms with E-state index in [-0.39, 0.29) is 0 Å². The molecule has 1 aliphatic rings. The zero-order chi connectivity index (χ0) is 28.3. The van der Waals surface area contributed by atoms with Crippen LogP contribution >= 0.6 is 11.8 Å². The molecule has 0 bridgehead atoms. The lowest BCUT2D eigenvalue weighted by atomic mass is 9.92. The first-order chi connectivity index (χ1) is 20.7. The summed E-state index contributed by atoms with van der Waals surface area (Å²) in [7, 11) is 0. The lowest BCUT2D eigenvalue weighted by Gasteiger charge is -2.31. The first kappa shape index (κ1) is 26.6. The van der Waals surface area contributed by atoms with E-state index in [1.54, 1.807) is 0 Å². The highest BCUT2D eigenvalue weighted by Crippen LogP contribution is 2.34. The summed E-state index contributed by atoms with van der Waals surface area (Å²) in [5.41, 5.74) is 9.75. The number of aromatic amines is 1. The average molecular weight is 569 g/mol. The minimum Gasteiger partial charge on any atom is -0.299 e. The Bertz CT molecular complexity index is 1790. The molecule has 1 aliphatic heterocycles. The van der Waals surface area contributed by atoms with Crippen LogP contribution in [0.1, 0.15) is 30.0 Å². The SMILES string of the molecule is CSc1ncc2cc(-c3ccccc3)c(-c3ccc(CN4CCC(c5cc(-c6ccccc6)n[nH]5)CC4)cc3)nc2n1. The van der Waals surface area contributed by atoms with E-state index in [0.717, 1.165) is 82.3 Å². The minimum atomic E-state index is 0.527. The quantitative estimate of drug-likeness (QED) is 0.156. The highest BCUT2D eigenvalue weighted by Gasteiger charge is 2.23. The Balaban J connectivity index is 1.06. The van der Waals surface area contributed by atoms with Gasteiger partial charge in [0, 0.05) is 46.4 Å². The molecule has 3 aromatic heterocycles. The summed E-state index contributed by atoms with van der Waals surface area (Å²) in [6.45, 7) is 3.11. The molecule has 208 valence electrons. The number of hydrogen-bond acceptors (Lipinski definition) is 6. The molecule has 3 aromatic carbocycles. The van der Waals surface area contributed by atoms with Crippen LogP contribution in [0.25, 0.3) is 44.7 Å². The second kappa shape index (κ2) is 11.9. The molecule has 7 heteroatoms. The van der Waals surface area contributed by atoms with Crippen LogP contribution in [0.4, 0.5) is 0 Å². The van der Waals surface area contributed by atoms with Crippen molar-refractivity contribution >= 4 is 22.8 Å². The fourth-order valence-corrected chi connectivity index (χ4v) is 6.17. The summed E-state index contributed by atoms with van der Waals surface area (Å²) < 4.78 is 0. The lowest BCUT2D eigenvalue weighted by molar-refractivity contribution is 0.203. The van der Waals surface area contributed by atoms with Crippen molar-refractivity contribution < 1.29 is 0 Å². The molecule has 1 saturated heterocycles. The third kappa shape index (κ3) is 5.58. The number of pyridine rings is 1. The summed E-state index contributed by atoms with van der Waals surface area (Å²) in [5.74, 6) is 0.527. The zero-order valence-electron chi connectivity index (χ0n) is 23.6. The van der Waals surface area contributed by atoms with E-state index >= 15 is 0 Å². The predicted octanol–water partition coefficient (Wildman–Crippen LogP) is 7.85. The van der Waals surface area contributed by atoms with Crippen LogP contribution in [-0.4, -0.2) is 49.4 Å². The maximum Gasteiger partial charge on any atom is 0.189 e. The van der Waals surface area contributed by atoms with Crippen LogP contribution in [-0.2, 0) is 6.54 Å². The maximum absolute atomic E-state index is 5.05. The first-order valence-electron chi connectivity index (χ1n) is 14.4. The summed E-state index contributed by atoms with van der Waals surface area (Å²) in [6, 6.07) is 34.1. The van der Waals surface area contributed by atoms with Gasteiger partial charge in [0.1, 0.15) is 0 Å². The monoisotopic (exact) mass is 568 g/mol. The second-order valence-corrected chi connectivity index (χ2v) is 11.6. The Morgan fingerprint density at radius 3 is 2.24 bits per heavy atom. The van der Waals surface area contributed by atoms with E-state index in [0.29, 0.717) is 5.92 Å². The first-order valence-corrected chi connectivity index (χ1v) is 15.7. The third-order valence-corrected chi connectivity index (χ3v) is 8.70. The minimum absolute atomic E-state index is 0.527. The van der Waals surface area contributed by atoms with Gasteiger partial charge in [-0.3, -0.25) is 10.00 Å². The van der Waals surface area contributed by atoms with Crippen molar-refractivity contribution in [3.63, 3.8) is 0 Å². The molecule has 42 heavy (non-hydrogen) atoms. The van der Waals surface area contributed by atoms with Gasteiger partial charge in [0.15, 0.2) is 10.8 Å². The number of fused-ring (bicyclic) bond motifs is 1. The van der Waals surface area contributed by atoms with Gasteiger partial charge in [-0.05, 0) is 55.4 Å². The van der Waals surface area contributed by atoms with Crippen LogP contribution in [0.3, 0.4) is 0 Å². The number of likely N-dealkylation sites (tertiary alicyclic amines) is 1. The average Bonchev–Trinajstić information content (AvgIpc) is 3.56. The molecule has 1 fully saturated rings. The molecule has 6 aromatic rings. The van der Waals surface area contributed by atoms with Crippen molar-refractivity contribution in [2.45, 2.75) is 30.5 Å². The van der Waals surface area contributed by atoms with E-state index in [1.165, 1.54) is 23.0 Å². The normalized spacial score (nSPS) is 14.4. The Morgan fingerprint density at radius 1 is 0.810 bits per heavy atom. The van der Waals surface area contributed by atoms with Crippen LogP contribution < -0.4 is 0 Å². The van der Waals surface area contributed by atoms with Gasteiger partial charge in [-0.2, -0.15) is 5.10 Å². The number of hydrogen-bond donors (Lipinski definition) is 1. The van der Waals surface area contributed by atoms with E-state index in [1.807, 2.05) is 24.6 Å². The van der Waals surface area contributed by atoms with Crippen LogP contribution in [0, 0.1) is 0 Å². The molecular formula is C35H32N6S. The molecule has 1 N–H and O–H groups in total. The van der Waals surface area contributed by atoms with Crippen LogP contribution in [0.2, 0.25) is 0 Å². The van der Waals surface area contributed by atoms with Gasteiger partial charge in [-0.15, -0.1) is 0 Å². The topological polar surface area (TPSA) is 70.6 Å². The summed E-state index contributed by atoms with van der Waals surface area (Å²) in [4.78, 5) is 16.8. The van der Waals surface area contributed by atoms with Gasteiger partial charge in [0.2, 0.25) is 0 Å². The molecular weight excluding hydrogens is 536 g/mol. The molecule has 0 atom stereocenters. The van der Waals surface area contributed by atoms with Crippen molar-refractivity contribution in [2.75, 3.05) is 19.3 Å². The van der Waals surface area contributed by atoms with Crippen molar-refractivity contribution in [1.82, 2.24) is 30.0 Å². The van der Waals surface area contributed by atoms with Crippen molar-refractivity contribution in [3.8, 4) is 33.6 Å². The van der Waals surface area contributed by atoms with E-state index in [2.05, 4.69) is 110 Å². The number of rotatable bonds is 7. The molecule has 0 spiro atoms. The molecule has 6 nitrogen and oxygen atoms in total. The highest BCUT2D eigenvalue weighted by molar-refractivity contribution is 7.98. The zero-order valence-corrected chi connectivity index (χ0v) is 24.4. The van der Waals surface area contributed by atoms with Crippen molar-refractivity contribution in [2.24, 2.45) is 0 Å². The fraction of sp³-hybridized carbons (Fsp3) is 0.200. The summed E-state index contributed by atoms with van der Waals surface area (Å²) >= 11 is 1.53. The Morgan fingerprint density at radius 2 is 1.52 bits per heavy atom. The highest BCUT2D eigenvalue weighted by atomic mass is 32.2. The second-order valence-electron chi connectivity index (χ2n) is 10.8. The fourth-order valence-electron chi connectivity index (χ4n) is 5.83. The van der Waals surface area contributed by atoms with Gasteiger partial charge < -0.3 is 0 Å². The van der Waals surface area contributed by atoms with Gasteiger partial charge >= 0.3 is 0 Å². The summed E-state index contributed by atoms with van der Waals surface area (Å²) in [6.07, 6.45) is 6.13. The number of H-pyrrole nitrogens is 1. The number of benzene rings is 3.